The quantitative estimate of drug-likeness (QED) is 0.864. The third-order valence-corrected chi connectivity index (χ3v) is 2.48. The summed E-state index contributed by atoms with van der Waals surface area (Å²) >= 11 is 0. The minimum absolute atomic E-state index is 0.00125. The van der Waals surface area contributed by atoms with Gasteiger partial charge in [-0.15, -0.1) is 10.2 Å². The van der Waals surface area contributed by atoms with Gasteiger partial charge in [0.2, 0.25) is 0 Å². The SMILES string of the molecule is CC(C)(C)CC(Nc1ccccn1)c1nn[nH]n1. The molecular formula is C12H18N6. The van der Waals surface area contributed by atoms with Gasteiger partial charge in [-0.1, -0.05) is 32.1 Å². The normalized spacial score (nSPS) is 13.3. The highest BCUT2D eigenvalue weighted by Gasteiger charge is 2.23. The molecule has 6 heteroatoms. The molecule has 2 aromatic rings. The number of nitrogens with one attached hydrogen (secondary N) is 2. The molecule has 1 unspecified atom stereocenters. The fourth-order valence-corrected chi connectivity index (χ4v) is 1.76. The average molecular weight is 246 g/mol. The Bertz CT molecular complexity index is 459. The number of aromatic amines is 1. The van der Waals surface area contributed by atoms with Gasteiger partial charge in [0.15, 0.2) is 5.82 Å². The van der Waals surface area contributed by atoms with E-state index in [2.05, 4.69) is 51.7 Å². The first kappa shape index (κ1) is 12.5. The van der Waals surface area contributed by atoms with Gasteiger partial charge in [-0.25, -0.2) is 4.98 Å². The van der Waals surface area contributed by atoms with Crippen LogP contribution < -0.4 is 5.32 Å². The number of hydrogen-bond acceptors (Lipinski definition) is 5. The van der Waals surface area contributed by atoms with Gasteiger partial charge in [0.1, 0.15) is 5.82 Å². The van der Waals surface area contributed by atoms with Crippen molar-refractivity contribution in [1.82, 2.24) is 25.6 Å². The minimum atomic E-state index is -0.00125. The van der Waals surface area contributed by atoms with E-state index in [1.165, 1.54) is 0 Å². The molecule has 0 saturated heterocycles. The van der Waals surface area contributed by atoms with Crippen LogP contribution >= 0.6 is 0 Å². The molecule has 0 amide bonds. The van der Waals surface area contributed by atoms with E-state index in [0.29, 0.717) is 5.82 Å². The summed E-state index contributed by atoms with van der Waals surface area (Å²) in [6, 6.07) is 5.76. The Kier molecular flexibility index (Phi) is 3.55. The molecule has 1 atom stereocenters. The standard InChI is InChI=1S/C12H18N6/c1-12(2,3)8-9(11-15-17-18-16-11)14-10-6-4-5-7-13-10/h4-7,9H,8H2,1-3H3,(H,13,14)(H,15,16,17,18). The molecule has 0 fully saturated rings. The number of tetrazole rings is 1. The van der Waals surface area contributed by atoms with Gasteiger partial charge in [-0.05, 0) is 24.0 Å². The maximum absolute atomic E-state index is 4.26. The predicted molar refractivity (Wildman–Crippen MR) is 68.9 cm³/mol. The van der Waals surface area contributed by atoms with Crippen molar-refractivity contribution in [3.8, 4) is 0 Å². The highest BCUT2D eigenvalue weighted by Crippen LogP contribution is 2.29. The van der Waals surface area contributed by atoms with E-state index < -0.39 is 0 Å². The molecule has 0 radical (unpaired) electrons. The molecule has 0 saturated carbocycles. The zero-order valence-electron chi connectivity index (χ0n) is 10.9. The fraction of sp³-hybridized carbons (Fsp3) is 0.500. The van der Waals surface area contributed by atoms with Crippen molar-refractivity contribution in [2.45, 2.75) is 33.2 Å². The van der Waals surface area contributed by atoms with Gasteiger partial charge in [0.25, 0.3) is 0 Å². The fourth-order valence-electron chi connectivity index (χ4n) is 1.76. The third kappa shape index (κ3) is 3.51. The van der Waals surface area contributed by atoms with E-state index in [9.17, 15) is 0 Å². The Morgan fingerprint density at radius 3 is 2.72 bits per heavy atom. The van der Waals surface area contributed by atoms with E-state index in [0.717, 1.165) is 12.2 Å². The smallest absolute Gasteiger partial charge is 0.196 e. The lowest BCUT2D eigenvalue weighted by Gasteiger charge is -2.24. The number of anilines is 1. The Hall–Kier alpha value is -1.98. The zero-order valence-corrected chi connectivity index (χ0v) is 10.9. The van der Waals surface area contributed by atoms with Crippen molar-refractivity contribution in [2.75, 3.05) is 5.32 Å². The summed E-state index contributed by atoms with van der Waals surface area (Å²) in [6.45, 7) is 6.54. The van der Waals surface area contributed by atoms with Crippen LogP contribution in [0.25, 0.3) is 0 Å². The van der Waals surface area contributed by atoms with Gasteiger partial charge >= 0.3 is 0 Å². The van der Waals surface area contributed by atoms with Crippen molar-refractivity contribution in [1.29, 1.82) is 0 Å². The van der Waals surface area contributed by atoms with Crippen molar-refractivity contribution in [3.63, 3.8) is 0 Å². The molecule has 96 valence electrons. The lowest BCUT2D eigenvalue weighted by Crippen LogP contribution is -2.20. The Morgan fingerprint density at radius 1 is 1.33 bits per heavy atom. The van der Waals surface area contributed by atoms with Crippen LogP contribution in [-0.4, -0.2) is 25.6 Å². The summed E-state index contributed by atoms with van der Waals surface area (Å²) in [6.07, 6.45) is 2.65. The number of hydrogen-bond donors (Lipinski definition) is 2. The van der Waals surface area contributed by atoms with Crippen molar-refractivity contribution in [3.05, 3.63) is 30.2 Å². The first-order valence-electron chi connectivity index (χ1n) is 5.95. The summed E-state index contributed by atoms with van der Waals surface area (Å²) in [5.41, 5.74) is 0.160. The van der Waals surface area contributed by atoms with Crippen molar-refractivity contribution >= 4 is 5.82 Å². The molecule has 2 N–H and O–H groups in total. The van der Waals surface area contributed by atoms with Gasteiger partial charge < -0.3 is 5.32 Å². The second kappa shape index (κ2) is 5.12. The number of rotatable bonds is 4. The van der Waals surface area contributed by atoms with Crippen LogP contribution in [0.5, 0.6) is 0 Å². The monoisotopic (exact) mass is 246 g/mol. The molecule has 2 rings (SSSR count). The van der Waals surface area contributed by atoms with E-state index in [-0.39, 0.29) is 11.5 Å². The number of H-pyrrole nitrogens is 1. The van der Waals surface area contributed by atoms with E-state index in [1.807, 2.05) is 18.2 Å². The van der Waals surface area contributed by atoms with Gasteiger partial charge in [-0.3, -0.25) is 0 Å². The molecule has 0 bridgehead atoms. The number of pyridine rings is 1. The Balaban J connectivity index is 2.15. The first-order valence-corrected chi connectivity index (χ1v) is 5.95. The lowest BCUT2D eigenvalue weighted by atomic mass is 9.88. The molecule has 0 spiro atoms. The first-order chi connectivity index (χ1) is 8.54. The van der Waals surface area contributed by atoms with Crippen LogP contribution in [-0.2, 0) is 0 Å². The van der Waals surface area contributed by atoms with Gasteiger partial charge in [0.05, 0.1) is 6.04 Å². The van der Waals surface area contributed by atoms with Crippen LogP contribution in [0.1, 0.15) is 39.1 Å². The molecule has 0 aliphatic heterocycles. The van der Waals surface area contributed by atoms with Crippen molar-refractivity contribution < 1.29 is 0 Å². The van der Waals surface area contributed by atoms with E-state index >= 15 is 0 Å². The average Bonchev–Trinajstić information content (AvgIpc) is 2.81. The number of nitrogens with zero attached hydrogens (tertiary/aromatic N) is 4. The predicted octanol–water partition coefficient (Wildman–Crippen LogP) is 2.18. The van der Waals surface area contributed by atoms with Crippen LogP contribution in [0.15, 0.2) is 24.4 Å². The van der Waals surface area contributed by atoms with Crippen LogP contribution in [0.4, 0.5) is 5.82 Å². The van der Waals surface area contributed by atoms with Crippen LogP contribution in [0.2, 0.25) is 0 Å². The van der Waals surface area contributed by atoms with Crippen LogP contribution in [0.3, 0.4) is 0 Å². The molecular weight excluding hydrogens is 228 g/mol. The van der Waals surface area contributed by atoms with Crippen LogP contribution in [0, 0.1) is 5.41 Å². The third-order valence-electron chi connectivity index (χ3n) is 2.48. The molecule has 18 heavy (non-hydrogen) atoms. The summed E-state index contributed by atoms with van der Waals surface area (Å²) < 4.78 is 0. The second-order valence-electron chi connectivity index (χ2n) is 5.45. The molecule has 2 heterocycles. The number of aromatic nitrogens is 5. The van der Waals surface area contributed by atoms with Gasteiger partial charge in [-0.2, -0.15) is 5.21 Å². The van der Waals surface area contributed by atoms with Crippen molar-refractivity contribution in [2.24, 2.45) is 5.41 Å². The highest BCUT2D eigenvalue weighted by molar-refractivity contribution is 5.35. The molecule has 0 aromatic carbocycles. The van der Waals surface area contributed by atoms with E-state index in [4.69, 9.17) is 0 Å². The van der Waals surface area contributed by atoms with E-state index in [1.54, 1.807) is 6.20 Å². The topological polar surface area (TPSA) is 79.4 Å². The minimum Gasteiger partial charge on any atom is -0.360 e. The maximum Gasteiger partial charge on any atom is 0.196 e. The summed E-state index contributed by atoms with van der Waals surface area (Å²) in [5, 5.41) is 17.6. The zero-order chi connectivity index (χ0) is 13.0. The molecule has 2 aromatic heterocycles. The summed E-state index contributed by atoms with van der Waals surface area (Å²) in [4.78, 5) is 4.26. The van der Waals surface area contributed by atoms with Gasteiger partial charge in [0, 0.05) is 6.20 Å². The molecule has 6 nitrogen and oxygen atoms in total. The molecule has 0 aliphatic rings. The Morgan fingerprint density at radius 2 is 2.17 bits per heavy atom. The highest BCUT2D eigenvalue weighted by atomic mass is 15.5. The second-order valence-corrected chi connectivity index (χ2v) is 5.45. The maximum atomic E-state index is 4.26. The molecule has 0 aliphatic carbocycles. The summed E-state index contributed by atoms with van der Waals surface area (Å²) in [7, 11) is 0. The summed E-state index contributed by atoms with van der Waals surface area (Å²) in [5.74, 6) is 1.48. The largest absolute Gasteiger partial charge is 0.360 e. The Labute approximate surface area is 106 Å². The lowest BCUT2D eigenvalue weighted by molar-refractivity contribution is 0.346.